The third-order valence-corrected chi connectivity index (χ3v) is 3.63. The number of nitro groups is 1. The number of carbonyl (C=O) groups excluding carboxylic acids is 1. The standard InChI is InChI=1S/C14H10Cl2N2O4/c15-11-3-1-8(6-12(11)16)14(20)17-7-9-5-10(18(21)22)2-4-13(9)19/h1-6,19H,7H2,(H,17,20). The molecule has 0 aliphatic carbocycles. The van der Waals surface area contributed by atoms with E-state index in [9.17, 15) is 20.0 Å². The summed E-state index contributed by atoms with van der Waals surface area (Å²) in [5.41, 5.74) is 0.360. The van der Waals surface area contributed by atoms with Gasteiger partial charge in [-0.2, -0.15) is 0 Å². The number of phenols is 1. The smallest absolute Gasteiger partial charge is 0.270 e. The molecule has 2 N–H and O–H groups in total. The van der Waals surface area contributed by atoms with Crippen molar-refractivity contribution in [3.8, 4) is 5.75 Å². The predicted molar refractivity (Wildman–Crippen MR) is 82.4 cm³/mol. The largest absolute Gasteiger partial charge is 0.508 e. The highest BCUT2D eigenvalue weighted by atomic mass is 35.5. The summed E-state index contributed by atoms with van der Waals surface area (Å²) in [6.45, 7) is -0.0629. The van der Waals surface area contributed by atoms with Gasteiger partial charge in [-0.1, -0.05) is 23.2 Å². The number of hydrogen-bond acceptors (Lipinski definition) is 4. The first-order valence-corrected chi connectivity index (χ1v) is 6.83. The Hall–Kier alpha value is -2.31. The monoisotopic (exact) mass is 340 g/mol. The molecule has 114 valence electrons. The lowest BCUT2D eigenvalue weighted by atomic mass is 10.1. The lowest BCUT2D eigenvalue weighted by molar-refractivity contribution is -0.384. The Morgan fingerprint density at radius 1 is 1.18 bits per heavy atom. The van der Waals surface area contributed by atoms with Crippen LogP contribution in [0.5, 0.6) is 5.75 Å². The molecule has 0 spiro atoms. The summed E-state index contributed by atoms with van der Waals surface area (Å²) >= 11 is 11.6. The van der Waals surface area contributed by atoms with E-state index in [4.69, 9.17) is 23.2 Å². The van der Waals surface area contributed by atoms with E-state index in [1.54, 1.807) is 0 Å². The first-order chi connectivity index (χ1) is 10.4. The van der Waals surface area contributed by atoms with Gasteiger partial charge in [0.2, 0.25) is 0 Å². The number of carbonyl (C=O) groups is 1. The minimum atomic E-state index is -0.580. The highest BCUT2D eigenvalue weighted by molar-refractivity contribution is 6.42. The molecule has 0 heterocycles. The second-order valence-electron chi connectivity index (χ2n) is 4.38. The number of halogens is 2. The van der Waals surface area contributed by atoms with E-state index in [-0.39, 0.29) is 28.6 Å². The molecule has 2 aromatic carbocycles. The Morgan fingerprint density at radius 3 is 2.55 bits per heavy atom. The summed E-state index contributed by atoms with van der Waals surface area (Å²) < 4.78 is 0. The Bertz CT molecular complexity index is 750. The predicted octanol–water partition coefficient (Wildman–Crippen LogP) is 3.54. The Balaban J connectivity index is 2.12. The quantitative estimate of drug-likeness (QED) is 0.657. The fraction of sp³-hybridized carbons (Fsp3) is 0.0714. The number of phenolic OH excluding ortho intramolecular Hbond substituents is 1. The molecule has 0 aliphatic rings. The molecule has 0 atom stereocenters. The van der Waals surface area contributed by atoms with Crippen molar-refractivity contribution >= 4 is 34.8 Å². The highest BCUT2D eigenvalue weighted by Gasteiger charge is 2.12. The zero-order valence-electron chi connectivity index (χ0n) is 11.0. The number of hydrogen-bond donors (Lipinski definition) is 2. The van der Waals surface area contributed by atoms with Crippen LogP contribution in [0.3, 0.4) is 0 Å². The van der Waals surface area contributed by atoms with Gasteiger partial charge in [-0.15, -0.1) is 0 Å². The van der Waals surface area contributed by atoms with Gasteiger partial charge in [-0.25, -0.2) is 0 Å². The molecule has 0 bridgehead atoms. The van der Waals surface area contributed by atoms with E-state index in [2.05, 4.69) is 5.32 Å². The van der Waals surface area contributed by atoms with E-state index in [0.29, 0.717) is 10.6 Å². The third kappa shape index (κ3) is 3.66. The molecule has 22 heavy (non-hydrogen) atoms. The van der Waals surface area contributed by atoms with Crippen LogP contribution in [0.1, 0.15) is 15.9 Å². The average molecular weight is 341 g/mol. The number of aromatic hydroxyl groups is 1. The highest BCUT2D eigenvalue weighted by Crippen LogP contribution is 2.24. The Morgan fingerprint density at radius 2 is 1.91 bits per heavy atom. The number of nitro benzene ring substituents is 1. The molecule has 0 radical (unpaired) electrons. The first kappa shape index (κ1) is 16.1. The molecule has 0 saturated carbocycles. The summed E-state index contributed by atoms with van der Waals surface area (Å²) in [7, 11) is 0. The number of benzene rings is 2. The van der Waals surface area contributed by atoms with Gasteiger partial charge in [0.25, 0.3) is 11.6 Å². The number of rotatable bonds is 4. The molecule has 0 unspecified atom stereocenters. The van der Waals surface area contributed by atoms with Gasteiger partial charge in [-0.3, -0.25) is 14.9 Å². The summed E-state index contributed by atoms with van der Waals surface area (Å²) in [4.78, 5) is 22.1. The van der Waals surface area contributed by atoms with Gasteiger partial charge in [0.05, 0.1) is 15.0 Å². The van der Waals surface area contributed by atoms with Crippen LogP contribution in [-0.4, -0.2) is 15.9 Å². The second kappa shape index (κ2) is 6.64. The zero-order chi connectivity index (χ0) is 16.3. The van der Waals surface area contributed by atoms with Crippen LogP contribution in [0.25, 0.3) is 0 Å². The van der Waals surface area contributed by atoms with Crippen molar-refractivity contribution in [1.82, 2.24) is 5.32 Å². The molecule has 0 saturated heterocycles. The van der Waals surface area contributed by atoms with Crippen molar-refractivity contribution < 1.29 is 14.8 Å². The molecule has 0 aromatic heterocycles. The molecule has 2 rings (SSSR count). The summed E-state index contributed by atoms with van der Waals surface area (Å²) in [5.74, 6) is -0.579. The number of nitrogens with one attached hydrogen (secondary N) is 1. The lowest BCUT2D eigenvalue weighted by Crippen LogP contribution is -2.22. The van der Waals surface area contributed by atoms with Gasteiger partial charge in [0.1, 0.15) is 5.75 Å². The van der Waals surface area contributed by atoms with Crippen LogP contribution in [0.2, 0.25) is 10.0 Å². The van der Waals surface area contributed by atoms with E-state index >= 15 is 0 Å². The molecule has 6 nitrogen and oxygen atoms in total. The van der Waals surface area contributed by atoms with Crippen molar-refractivity contribution in [3.05, 3.63) is 67.7 Å². The maximum atomic E-state index is 12.0. The van der Waals surface area contributed by atoms with Crippen LogP contribution in [0.15, 0.2) is 36.4 Å². The maximum absolute atomic E-state index is 12.0. The minimum Gasteiger partial charge on any atom is -0.508 e. The van der Waals surface area contributed by atoms with Gasteiger partial charge in [-0.05, 0) is 24.3 Å². The van der Waals surface area contributed by atoms with E-state index in [1.165, 1.54) is 36.4 Å². The molecule has 2 aromatic rings. The van der Waals surface area contributed by atoms with Crippen molar-refractivity contribution in [1.29, 1.82) is 0 Å². The van der Waals surface area contributed by atoms with E-state index in [0.717, 1.165) is 0 Å². The second-order valence-corrected chi connectivity index (χ2v) is 5.20. The minimum absolute atomic E-state index is 0.0629. The molecule has 8 heteroatoms. The van der Waals surface area contributed by atoms with Crippen molar-refractivity contribution in [3.63, 3.8) is 0 Å². The van der Waals surface area contributed by atoms with Crippen LogP contribution in [-0.2, 0) is 6.54 Å². The summed E-state index contributed by atoms with van der Waals surface area (Å²) in [6, 6.07) is 7.98. The van der Waals surface area contributed by atoms with Crippen molar-refractivity contribution in [2.75, 3.05) is 0 Å². The fourth-order valence-electron chi connectivity index (χ4n) is 1.74. The van der Waals surface area contributed by atoms with Crippen LogP contribution < -0.4 is 5.32 Å². The normalized spacial score (nSPS) is 10.3. The zero-order valence-corrected chi connectivity index (χ0v) is 12.6. The molecule has 0 fully saturated rings. The van der Waals surface area contributed by atoms with E-state index in [1.807, 2.05) is 0 Å². The Labute approximate surface area is 135 Å². The van der Waals surface area contributed by atoms with Crippen molar-refractivity contribution in [2.45, 2.75) is 6.54 Å². The summed E-state index contributed by atoms with van der Waals surface area (Å²) in [5, 5.41) is 23.5. The Kier molecular flexibility index (Phi) is 4.85. The van der Waals surface area contributed by atoms with Gasteiger partial charge in [0, 0.05) is 29.8 Å². The number of nitrogens with zero attached hydrogens (tertiary/aromatic N) is 1. The topological polar surface area (TPSA) is 92.5 Å². The molecule has 0 aliphatic heterocycles. The van der Waals surface area contributed by atoms with Gasteiger partial charge in [0.15, 0.2) is 0 Å². The van der Waals surface area contributed by atoms with Crippen LogP contribution in [0, 0.1) is 10.1 Å². The summed E-state index contributed by atoms with van der Waals surface area (Å²) in [6.07, 6.45) is 0. The average Bonchev–Trinajstić information content (AvgIpc) is 2.48. The maximum Gasteiger partial charge on any atom is 0.270 e. The van der Waals surface area contributed by atoms with Crippen LogP contribution >= 0.6 is 23.2 Å². The molecular formula is C14H10Cl2N2O4. The number of amides is 1. The van der Waals surface area contributed by atoms with Crippen LogP contribution in [0.4, 0.5) is 5.69 Å². The van der Waals surface area contributed by atoms with Gasteiger partial charge < -0.3 is 10.4 Å². The SMILES string of the molecule is O=C(NCc1cc([N+](=O)[O-])ccc1O)c1ccc(Cl)c(Cl)c1. The third-order valence-electron chi connectivity index (χ3n) is 2.90. The van der Waals surface area contributed by atoms with Gasteiger partial charge >= 0.3 is 0 Å². The lowest BCUT2D eigenvalue weighted by Gasteiger charge is -2.08. The number of non-ortho nitro benzene ring substituents is 1. The fourth-order valence-corrected chi connectivity index (χ4v) is 2.04. The van der Waals surface area contributed by atoms with Crippen molar-refractivity contribution in [2.24, 2.45) is 0 Å². The molecular weight excluding hydrogens is 331 g/mol. The molecule has 1 amide bonds. The van der Waals surface area contributed by atoms with E-state index < -0.39 is 10.8 Å². The first-order valence-electron chi connectivity index (χ1n) is 6.08.